The first-order valence-electron chi connectivity index (χ1n) is 6.89. The number of para-hydroxylation sites is 1. The van der Waals surface area contributed by atoms with Crippen LogP contribution in [-0.2, 0) is 10.0 Å². The van der Waals surface area contributed by atoms with E-state index in [2.05, 4.69) is 22.9 Å². The number of hydrogen-bond acceptors (Lipinski definition) is 2. The van der Waals surface area contributed by atoms with E-state index in [1.807, 2.05) is 30.3 Å². The molecule has 21 heavy (non-hydrogen) atoms. The summed E-state index contributed by atoms with van der Waals surface area (Å²) in [6, 6.07) is 16.0. The molecule has 0 aliphatic rings. The number of halogens is 1. The van der Waals surface area contributed by atoms with E-state index < -0.39 is 10.0 Å². The highest BCUT2D eigenvalue weighted by Gasteiger charge is 2.24. The summed E-state index contributed by atoms with van der Waals surface area (Å²) in [5, 5.41) is 0. The second kappa shape index (κ2) is 7.09. The normalized spacial score (nSPS) is 11.3. The van der Waals surface area contributed by atoms with E-state index in [4.69, 9.17) is 0 Å². The molecule has 0 aliphatic heterocycles. The Bertz CT molecular complexity index is 669. The fourth-order valence-electron chi connectivity index (χ4n) is 2.02. The predicted octanol–water partition coefficient (Wildman–Crippen LogP) is 4.44. The predicted molar refractivity (Wildman–Crippen MR) is 90.0 cm³/mol. The molecule has 0 atom stereocenters. The molecular formula is C16H18BrNO2S. The molecule has 3 nitrogen and oxygen atoms in total. The van der Waals surface area contributed by atoms with Crippen molar-refractivity contribution in [3.63, 3.8) is 0 Å². The summed E-state index contributed by atoms with van der Waals surface area (Å²) in [6.45, 7) is 2.54. The molecule has 0 heterocycles. The average Bonchev–Trinajstić information content (AvgIpc) is 2.49. The smallest absolute Gasteiger partial charge is 0.264 e. The molecule has 0 aliphatic carbocycles. The zero-order valence-electron chi connectivity index (χ0n) is 11.9. The maximum absolute atomic E-state index is 12.9. The number of nitrogens with zero attached hydrogens (tertiary/aromatic N) is 1. The van der Waals surface area contributed by atoms with Gasteiger partial charge in [-0.3, -0.25) is 4.31 Å². The fourth-order valence-corrected chi connectivity index (χ4v) is 3.79. The number of sulfonamides is 1. The van der Waals surface area contributed by atoms with Gasteiger partial charge in [-0.05, 0) is 42.8 Å². The highest BCUT2D eigenvalue weighted by molar-refractivity contribution is 9.10. The van der Waals surface area contributed by atoms with E-state index in [0.717, 1.165) is 17.3 Å². The van der Waals surface area contributed by atoms with E-state index in [1.54, 1.807) is 24.3 Å². The van der Waals surface area contributed by atoms with Gasteiger partial charge in [-0.15, -0.1) is 0 Å². The van der Waals surface area contributed by atoms with Gasteiger partial charge in [0.2, 0.25) is 0 Å². The third-order valence-corrected chi connectivity index (χ3v) is 5.53. The Hall–Kier alpha value is -1.33. The number of unbranched alkanes of at least 4 members (excludes halogenated alkanes) is 1. The first kappa shape index (κ1) is 16.0. The van der Waals surface area contributed by atoms with Gasteiger partial charge in [-0.2, -0.15) is 0 Å². The zero-order chi connectivity index (χ0) is 15.3. The van der Waals surface area contributed by atoms with Crippen molar-refractivity contribution >= 4 is 31.6 Å². The van der Waals surface area contributed by atoms with Crippen LogP contribution in [0.25, 0.3) is 0 Å². The summed E-state index contributed by atoms with van der Waals surface area (Å²) in [5.74, 6) is 0. The minimum absolute atomic E-state index is 0.311. The van der Waals surface area contributed by atoms with Crippen LogP contribution in [0.2, 0.25) is 0 Å². The minimum Gasteiger partial charge on any atom is -0.266 e. The molecule has 0 saturated carbocycles. The summed E-state index contributed by atoms with van der Waals surface area (Å²) in [5.41, 5.74) is 0.703. The lowest BCUT2D eigenvalue weighted by Gasteiger charge is -2.24. The fraction of sp³-hybridized carbons (Fsp3) is 0.250. The lowest BCUT2D eigenvalue weighted by atomic mass is 10.3. The minimum atomic E-state index is -3.53. The monoisotopic (exact) mass is 367 g/mol. The summed E-state index contributed by atoms with van der Waals surface area (Å²) < 4.78 is 28.1. The molecule has 0 radical (unpaired) electrons. The van der Waals surface area contributed by atoms with Crippen molar-refractivity contribution in [2.45, 2.75) is 24.7 Å². The zero-order valence-corrected chi connectivity index (χ0v) is 14.3. The molecule has 0 spiro atoms. The molecule has 5 heteroatoms. The van der Waals surface area contributed by atoms with Crippen LogP contribution in [0.3, 0.4) is 0 Å². The molecule has 2 aromatic rings. The summed E-state index contributed by atoms with van der Waals surface area (Å²) >= 11 is 3.33. The average molecular weight is 368 g/mol. The number of benzene rings is 2. The lowest BCUT2D eigenvalue weighted by molar-refractivity contribution is 0.588. The van der Waals surface area contributed by atoms with E-state index in [-0.39, 0.29) is 0 Å². The Kier molecular flexibility index (Phi) is 5.42. The highest BCUT2D eigenvalue weighted by atomic mass is 79.9. The summed E-state index contributed by atoms with van der Waals surface area (Å²) in [6.07, 6.45) is 1.77. The Morgan fingerprint density at radius 1 is 1.00 bits per heavy atom. The largest absolute Gasteiger partial charge is 0.266 e. The Balaban J connectivity index is 2.42. The van der Waals surface area contributed by atoms with Crippen LogP contribution in [-0.4, -0.2) is 15.0 Å². The molecule has 0 aromatic heterocycles. The van der Waals surface area contributed by atoms with Crippen molar-refractivity contribution < 1.29 is 8.42 Å². The van der Waals surface area contributed by atoms with Gasteiger partial charge in [0, 0.05) is 11.0 Å². The van der Waals surface area contributed by atoms with Gasteiger partial charge >= 0.3 is 0 Å². The van der Waals surface area contributed by atoms with Gasteiger partial charge in [0.05, 0.1) is 10.6 Å². The van der Waals surface area contributed by atoms with Crippen molar-refractivity contribution in [2.75, 3.05) is 10.8 Å². The van der Waals surface area contributed by atoms with Crippen molar-refractivity contribution in [2.24, 2.45) is 0 Å². The Labute approximate surface area is 134 Å². The molecule has 112 valence electrons. The van der Waals surface area contributed by atoms with E-state index in [9.17, 15) is 8.42 Å². The first-order valence-corrected chi connectivity index (χ1v) is 9.12. The molecule has 2 rings (SSSR count). The van der Waals surface area contributed by atoms with Crippen molar-refractivity contribution in [3.05, 3.63) is 59.1 Å². The van der Waals surface area contributed by atoms with Crippen LogP contribution in [0.4, 0.5) is 5.69 Å². The molecule has 0 bridgehead atoms. The number of anilines is 1. The van der Waals surface area contributed by atoms with Gasteiger partial charge in [-0.25, -0.2) is 8.42 Å². The second-order valence-electron chi connectivity index (χ2n) is 4.72. The Morgan fingerprint density at radius 3 is 2.19 bits per heavy atom. The van der Waals surface area contributed by atoms with Crippen LogP contribution >= 0.6 is 15.9 Å². The highest BCUT2D eigenvalue weighted by Crippen LogP contribution is 2.25. The van der Waals surface area contributed by atoms with Gasteiger partial charge in [0.25, 0.3) is 10.0 Å². The Morgan fingerprint density at radius 2 is 1.62 bits per heavy atom. The van der Waals surface area contributed by atoms with E-state index >= 15 is 0 Å². The van der Waals surface area contributed by atoms with E-state index in [1.165, 1.54) is 4.31 Å². The van der Waals surface area contributed by atoms with Crippen molar-refractivity contribution in [1.82, 2.24) is 0 Å². The van der Waals surface area contributed by atoms with Gasteiger partial charge in [-0.1, -0.05) is 47.5 Å². The third kappa shape index (κ3) is 3.86. The third-order valence-electron chi connectivity index (χ3n) is 3.16. The molecule has 0 fully saturated rings. The van der Waals surface area contributed by atoms with E-state index in [0.29, 0.717) is 17.1 Å². The topological polar surface area (TPSA) is 37.4 Å². The molecular weight excluding hydrogens is 350 g/mol. The first-order chi connectivity index (χ1) is 10.1. The van der Waals surface area contributed by atoms with Crippen LogP contribution < -0.4 is 4.31 Å². The maximum Gasteiger partial charge on any atom is 0.264 e. The van der Waals surface area contributed by atoms with Crippen LogP contribution in [0.1, 0.15) is 19.8 Å². The van der Waals surface area contributed by atoms with Crippen LogP contribution in [0.5, 0.6) is 0 Å². The van der Waals surface area contributed by atoms with Crippen LogP contribution in [0.15, 0.2) is 64.0 Å². The molecule has 0 unspecified atom stereocenters. The maximum atomic E-state index is 12.9. The summed E-state index contributed by atoms with van der Waals surface area (Å²) in [4.78, 5) is 0.311. The van der Waals surface area contributed by atoms with Gasteiger partial charge in [0.1, 0.15) is 0 Å². The number of hydrogen-bond donors (Lipinski definition) is 0. The SMILES string of the molecule is CCCCN(c1ccccc1)S(=O)(=O)c1ccc(Br)cc1. The second-order valence-corrected chi connectivity index (χ2v) is 7.50. The lowest BCUT2D eigenvalue weighted by Crippen LogP contribution is -2.32. The van der Waals surface area contributed by atoms with Crippen molar-refractivity contribution in [1.29, 1.82) is 0 Å². The van der Waals surface area contributed by atoms with Crippen molar-refractivity contribution in [3.8, 4) is 0 Å². The molecule has 0 N–H and O–H groups in total. The molecule has 2 aromatic carbocycles. The molecule has 0 saturated heterocycles. The van der Waals surface area contributed by atoms with Gasteiger partial charge < -0.3 is 0 Å². The van der Waals surface area contributed by atoms with Gasteiger partial charge in [0.15, 0.2) is 0 Å². The molecule has 0 amide bonds. The van der Waals surface area contributed by atoms with Crippen LogP contribution in [0, 0.1) is 0 Å². The quantitative estimate of drug-likeness (QED) is 0.756. The number of rotatable bonds is 6. The standard InChI is InChI=1S/C16H18BrNO2S/c1-2-3-13-18(15-7-5-4-6-8-15)21(19,20)16-11-9-14(17)10-12-16/h4-12H,2-3,13H2,1H3. The summed E-state index contributed by atoms with van der Waals surface area (Å²) in [7, 11) is -3.53.